The van der Waals surface area contributed by atoms with Crippen LogP contribution in [0.3, 0.4) is 0 Å². The minimum absolute atomic E-state index is 0.0142. The first-order chi connectivity index (χ1) is 12.3. The monoisotopic (exact) mass is 341 g/mol. The van der Waals surface area contributed by atoms with Gasteiger partial charge in [-0.25, -0.2) is 0 Å². The lowest BCUT2D eigenvalue weighted by molar-refractivity contribution is 0.543. The molecule has 1 nitrogen and oxygen atoms in total. The maximum atomic E-state index is 2.60. The largest absolute Gasteiger partial charge is 0.313 e. The third-order valence-electron chi connectivity index (χ3n) is 6.86. The highest BCUT2D eigenvalue weighted by Gasteiger charge is 2.46. The van der Waals surface area contributed by atoms with E-state index in [1.54, 1.807) is 0 Å². The van der Waals surface area contributed by atoms with Crippen LogP contribution in [0.15, 0.2) is 65.9 Å². The van der Waals surface area contributed by atoms with Gasteiger partial charge in [0.05, 0.1) is 5.69 Å². The normalized spacial score (nSPS) is 24.0. The summed E-state index contributed by atoms with van der Waals surface area (Å²) < 4.78 is 0. The lowest BCUT2D eigenvalue weighted by Crippen LogP contribution is -2.42. The molecule has 0 aromatic heterocycles. The van der Waals surface area contributed by atoms with Gasteiger partial charge in [0.25, 0.3) is 0 Å². The van der Waals surface area contributed by atoms with Gasteiger partial charge in [0.2, 0.25) is 0 Å². The lowest BCUT2D eigenvalue weighted by atomic mass is 9.64. The molecule has 1 unspecified atom stereocenters. The summed E-state index contributed by atoms with van der Waals surface area (Å²) in [4.78, 5) is 2.60. The minimum atomic E-state index is 0.0142. The molecular formula is C25H27N. The number of hydrogen-bond acceptors (Lipinski definition) is 1. The Hall–Kier alpha value is -2.28. The number of anilines is 2. The maximum absolute atomic E-state index is 2.60. The molecule has 5 rings (SSSR count). The fraction of sp³-hybridized carbons (Fsp3) is 0.360. The second-order valence-corrected chi connectivity index (χ2v) is 9.14. The number of fused-ring (bicyclic) bond motifs is 3. The Labute approximate surface area is 157 Å². The molecule has 0 saturated heterocycles. The summed E-state index contributed by atoms with van der Waals surface area (Å²) in [5, 5.41) is 0. The molecule has 3 aliphatic rings. The first kappa shape index (κ1) is 15.9. The molecule has 0 bridgehead atoms. The van der Waals surface area contributed by atoms with Crippen molar-refractivity contribution in [1.82, 2.24) is 0 Å². The minimum Gasteiger partial charge on any atom is -0.313 e. The summed E-state index contributed by atoms with van der Waals surface area (Å²) in [6.07, 6.45) is 5.86. The SMILES string of the molecule is CC1CC=CC2=C1N1c3ccccc3C(C)(C)c3cccc(c31)C2(C)C. The quantitative estimate of drug-likeness (QED) is 0.521. The number of hydrogen-bond donors (Lipinski definition) is 0. The standard InChI is InChI=1S/C25H27N/c1-16-10-8-12-18-22(16)26-21-15-7-6-11-17(21)24(2,3)19-13-9-14-20(23(19)26)25(18,4)5/h6-9,11-16H,10H2,1-5H3. The van der Waals surface area contributed by atoms with Gasteiger partial charge in [0, 0.05) is 28.1 Å². The van der Waals surface area contributed by atoms with E-state index in [2.05, 4.69) is 94.1 Å². The summed E-state index contributed by atoms with van der Waals surface area (Å²) in [5.41, 5.74) is 10.2. The van der Waals surface area contributed by atoms with E-state index in [4.69, 9.17) is 0 Å². The molecule has 0 N–H and O–H groups in total. The molecule has 132 valence electrons. The van der Waals surface area contributed by atoms with E-state index < -0.39 is 0 Å². The van der Waals surface area contributed by atoms with E-state index >= 15 is 0 Å². The van der Waals surface area contributed by atoms with Crippen LogP contribution in [0.1, 0.15) is 57.7 Å². The van der Waals surface area contributed by atoms with Gasteiger partial charge in [-0.15, -0.1) is 0 Å². The fourth-order valence-electron chi connectivity index (χ4n) is 5.37. The van der Waals surface area contributed by atoms with Crippen molar-refractivity contribution in [3.05, 3.63) is 82.6 Å². The second-order valence-electron chi connectivity index (χ2n) is 9.14. The maximum Gasteiger partial charge on any atom is 0.0540 e. The van der Waals surface area contributed by atoms with Crippen molar-refractivity contribution in [3.8, 4) is 0 Å². The summed E-state index contributed by atoms with van der Waals surface area (Å²) in [6, 6.07) is 15.9. The number of allylic oxidation sites excluding steroid dienone is 4. The molecule has 0 fully saturated rings. The first-order valence-electron chi connectivity index (χ1n) is 9.80. The van der Waals surface area contributed by atoms with E-state index in [9.17, 15) is 0 Å². The van der Waals surface area contributed by atoms with Crippen molar-refractivity contribution in [2.24, 2.45) is 5.92 Å². The zero-order chi connectivity index (χ0) is 18.3. The van der Waals surface area contributed by atoms with E-state index in [1.807, 2.05) is 0 Å². The van der Waals surface area contributed by atoms with E-state index in [-0.39, 0.29) is 10.8 Å². The summed E-state index contributed by atoms with van der Waals surface area (Å²) in [7, 11) is 0. The summed E-state index contributed by atoms with van der Waals surface area (Å²) >= 11 is 0. The van der Waals surface area contributed by atoms with Gasteiger partial charge in [-0.05, 0) is 34.8 Å². The Morgan fingerprint density at radius 2 is 1.50 bits per heavy atom. The Kier molecular flexibility index (Phi) is 3.01. The predicted molar refractivity (Wildman–Crippen MR) is 110 cm³/mol. The van der Waals surface area contributed by atoms with Crippen LogP contribution < -0.4 is 4.90 Å². The zero-order valence-electron chi connectivity index (χ0n) is 16.4. The van der Waals surface area contributed by atoms with Gasteiger partial charge in [0.1, 0.15) is 0 Å². The van der Waals surface area contributed by atoms with Gasteiger partial charge >= 0.3 is 0 Å². The molecule has 2 aromatic carbocycles. The highest BCUT2D eigenvalue weighted by molar-refractivity contribution is 5.87. The van der Waals surface area contributed by atoms with Crippen molar-refractivity contribution < 1.29 is 0 Å². The van der Waals surface area contributed by atoms with Crippen molar-refractivity contribution in [1.29, 1.82) is 0 Å². The number of nitrogens with zero attached hydrogens (tertiary/aromatic N) is 1. The second kappa shape index (κ2) is 4.91. The third-order valence-corrected chi connectivity index (χ3v) is 6.86. The van der Waals surface area contributed by atoms with Crippen LogP contribution in [-0.2, 0) is 10.8 Å². The highest BCUT2D eigenvalue weighted by atomic mass is 15.2. The van der Waals surface area contributed by atoms with E-state index in [0.29, 0.717) is 5.92 Å². The molecule has 1 atom stereocenters. The predicted octanol–water partition coefficient (Wildman–Crippen LogP) is 6.61. The zero-order valence-corrected chi connectivity index (χ0v) is 16.4. The summed E-state index contributed by atoms with van der Waals surface area (Å²) in [6.45, 7) is 11.9. The Bertz CT molecular complexity index is 987. The van der Waals surface area contributed by atoms with E-state index in [1.165, 1.54) is 39.3 Å². The molecule has 0 amide bonds. The van der Waals surface area contributed by atoms with Crippen molar-refractivity contribution in [2.75, 3.05) is 4.90 Å². The molecule has 2 aliphatic heterocycles. The number of para-hydroxylation sites is 2. The smallest absolute Gasteiger partial charge is 0.0540 e. The molecule has 1 heteroatoms. The molecule has 2 heterocycles. The van der Waals surface area contributed by atoms with E-state index in [0.717, 1.165) is 6.42 Å². The van der Waals surface area contributed by atoms with Gasteiger partial charge < -0.3 is 4.90 Å². The molecule has 2 aromatic rings. The third kappa shape index (κ3) is 1.76. The molecular weight excluding hydrogens is 314 g/mol. The van der Waals surface area contributed by atoms with Gasteiger partial charge in [-0.1, -0.05) is 83.2 Å². The van der Waals surface area contributed by atoms with Crippen molar-refractivity contribution >= 4 is 11.4 Å². The molecule has 0 radical (unpaired) electrons. The fourth-order valence-corrected chi connectivity index (χ4v) is 5.37. The van der Waals surface area contributed by atoms with Crippen LogP contribution in [0.2, 0.25) is 0 Å². The summed E-state index contributed by atoms with van der Waals surface area (Å²) in [5.74, 6) is 0.532. The van der Waals surface area contributed by atoms with Crippen LogP contribution in [0, 0.1) is 5.92 Å². The lowest BCUT2D eigenvalue weighted by Gasteiger charge is -2.52. The van der Waals surface area contributed by atoms with Crippen LogP contribution in [-0.4, -0.2) is 0 Å². The topological polar surface area (TPSA) is 3.24 Å². The average Bonchev–Trinajstić information content (AvgIpc) is 2.62. The van der Waals surface area contributed by atoms with Crippen LogP contribution >= 0.6 is 0 Å². The van der Waals surface area contributed by atoms with Gasteiger partial charge in [-0.2, -0.15) is 0 Å². The first-order valence-corrected chi connectivity index (χ1v) is 9.80. The van der Waals surface area contributed by atoms with Gasteiger partial charge in [-0.3, -0.25) is 0 Å². The molecule has 26 heavy (non-hydrogen) atoms. The Balaban J connectivity index is 1.95. The molecule has 0 saturated carbocycles. The van der Waals surface area contributed by atoms with Crippen molar-refractivity contribution in [3.63, 3.8) is 0 Å². The Morgan fingerprint density at radius 1 is 0.846 bits per heavy atom. The molecule has 1 aliphatic carbocycles. The van der Waals surface area contributed by atoms with Crippen LogP contribution in [0.4, 0.5) is 11.4 Å². The number of rotatable bonds is 0. The highest BCUT2D eigenvalue weighted by Crippen LogP contribution is 2.59. The Morgan fingerprint density at radius 3 is 2.27 bits per heavy atom. The van der Waals surface area contributed by atoms with Crippen molar-refractivity contribution in [2.45, 2.75) is 51.9 Å². The van der Waals surface area contributed by atoms with Crippen LogP contribution in [0.5, 0.6) is 0 Å². The van der Waals surface area contributed by atoms with Gasteiger partial charge in [0.15, 0.2) is 0 Å². The van der Waals surface area contributed by atoms with Crippen LogP contribution in [0.25, 0.3) is 0 Å². The number of benzene rings is 2. The molecule has 0 spiro atoms. The average molecular weight is 341 g/mol.